The predicted octanol–water partition coefficient (Wildman–Crippen LogP) is 5.70. The maximum absolute atomic E-state index is 13.1. The van der Waals surface area contributed by atoms with Crippen LogP contribution in [-0.4, -0.2) is 14.8 Å². The van der Waals surface area contributed by atoms with Crippen LogP contribution in [0.15, 0.2) is 47.6 Å². The number of nitrogens with zero attached hydrogens (tertiary/aromatic N) is 3. The minimum Gasteiger partial charge on any atom is -0.302 e. The highest BCUT2D eigenvalue weighted by atomic mass is 35.5. The predicted molar refractivity (Wildman–Crippen MR) is 97.1 cm³/mol. The molecule has 0 unspecified atom stereocenters. The van der Waals surface area contributed by atoms with E-state index in [1.807, 2.05) is 35.8 Å². The maximum Gasteiger partial charge on any atom is 0.191 e. The lowest BCUT2D eigenvalue weighted by molar-refractivity contribution is 0.627. The van der Waals surface area contributed by atoms with Crippen molar-refractivity contribution in [2.75, 3.05) is 0 Å². The second-order valence-electron chi connectivity index (χ2n) is 5.05. The summed E-state index contributed by atoms with van der Waals surface area (Å²) in [6, 6.07) is 12.0. The van der Waals surface area contributed by atoms with Crippen molar-refractivity contribution in [1.82, 2.24) is 14.8 Å². The van der Waals surface area contributed by atoms with E-state index in [-0.39, 0.29) is 5.82 Å². The topological polar surface area (TPSA) is 30.7 Å². The molecule has 0 aliphatic rings. The van der Waals surface area contributed by atoms with Gasteiger partial charge < -0.3 is 4.57 Å². The normalized spacial score (nSPS) is 11.0. The lowest BCUT2D eigenvalue weighted by atomic mass is 10.2. The molecule has 0 radical (unpaired) electrons. The van der Waals surface area contributed by atoms with Crippen molar-refractivity contribution in [2.45, 2.75) is 24.4 Å². The van der Waals surface area contributed by atoms with Crippen LogP contribution in [0.25, 0.3) is 11.4 Å². The van der Waals surface area contributed by atoms with Gasteiger partial charge in [0.05, 0.1) is 5.02 Å². The van der Waals surface area contributed by atoms with E-state index in [1.165, 1.54) is 23.9 Å². The Morgan fingerprint density at radius 2 is 1.88 bits per heavy atom. The molecule has 0 aliphatic carbocycles. The van der Waals surface area contributed by atoms with Gasteiger partial charge in [0.25, 0.3) is 0 Å². The second-order valence-corrected chi connectivity index (χ2v) is 6.81. The molecule has 2 aromatic carbocycles. The van der Waals surface area contributed by atoms with E-state index >= 15 is 0 Å². The summed E-state index contributed by atoms with van der Waals surface area (Å²) in [7, 11) is 0. The molecule has 0 atom stereocenters. The van der Waals surface area contributed by atoms with Crippen LogP contribution in [0.1, 0.15) is 12.5 Å². The van der Waals surface area contributed by atoms with Gasteiger partial charge in [0, 0.05) is 22.9 Å². The molecular formula is C17H14Cl2FN3S. The van der Waals surface area contributed by atoms with Gasteiger partial charge in [-0.2, -0.15) is 0 Å². The lowest BCUT2D eigenvalue weighted by Crippen LogP contribution is -2.00. The van der Waals surface area contributed by atoms with Crippen molar-refractivity contribution in [3.63, 3.8) is 0 Å². The Morgan fingerprint density at radius 1 is 1.08 bits per heavy atom. The summed E-state index contributed by atoms with van der Waals surface area (Å²) < 4.78 is 15.1. The molecule has 0 saturated heterocycles. The third-order valence-corrected chi connectivity index (χ3v) is 5.22. The molecule has 24 heavy (non-hydrogen) atoms. The number of aromatic nitrogens is 3. The molecule has 3 rings (SSSR count). The lowest BCUT2D eigenvalue weighted by Gasteiger charge is -2.09. The first kappa shape index (κ1) is 17.3. The summed E-state index contributed by atoms with van der Waals surface area (Å²) in [6.07, 6.45) is 0. The Morgan fingerprint density at radius 3 is 2.58 bits per heavy atom. The summed E-state index contributed by atoms with van der Waals surface area (Å²) >= 11 is 13.8. The largest absolute Gasteiger partial charge is 0.302 e. The van der Waals surface area contributed by atoms with E-state index in [9.17, 15) is 4.39 Å². The van der Waals surface area contributed by atoms with Crippen molar-refractivity contribution in [1.29, 1.82) is 0 Å². The van der Waals surface area contributed by atoms with Crippen molar-refractivity contribution < 1.29 is 4.39 Å². The average molecular weight is 382 g/mol. The van der Waals surface area contributed by atoms with E-state index in [2.05, 4.69) is 10.2 Å². The van der Waals surface area contributed by atoms with Gasteiger partial charge in [0.15, 0.2) is 11.0 Å². The number of thioether (sulfide) groups is 1. The van der Waals surface area contributed by atoms with Crippen molar-refractivity contribution >= 4 is 35.0 Å². The van der Waals surface area contributed by atoms with Crippen LogP contribution in [0, 0.1) is 5.82 Å². The number of hydrogen-bond donors (Lipinski definition) is 0. The van der Waals surface area contributed by atoms with Crippen molar-refractivity contribution in [3.05, 3.63) is 63.9 Å². The third-order valence-electron chi connectivity index (χ3n) is 3.52. The number of halogens is 3. The molecule has 124 valence electrons. The monoisotopic (exact) mass is 381 g/mol. The van der Waals surface area contributed by atoms with Crippen LogP contribution in [0.3, 0.4) is 0 Å². The summed E-state index contributed by atoms with van der Waals surface area (Å²) in [6.45, 7) is 2.74. The molecule has 7 heteroatoms. The first-order chi connectivity index (χ1) is 11.6. The number of benzene rings is 2. The van der Waals surface area contributed by atoms with Gasteiger partial charge in [0.2, 0.25) is 0 Å². The van der Waals surface area contributed by atoms with Gasteiger partial charge in [-0.3, -0.25) is 0 Å². The van der Waals surface area contributed by atoms with E-state index in [0.29, 0.717) is 22.3 Å². The summed E-state index contributed by atoms with van der Waals surface area (Å²) in [5, 5.41) is 10.4. The van der Waals surface area contributed by atoms with E-state index in [4.69, 9.17) is 23.2 Å². The fourth-order valence-corrected chi connectivity index (χ4v) is 3.84. The minimum absolute atomic E-state index is 0.341. The quantitative estimate of drug-likeness (QED) is 0.530. The molecule has 1 heterocycles. The molecule has 3 nitrogen and oxygen atoms in total. The van der Waals surface area contributed by atoms with Gasteiger partial charge in [-0.15, -0.1) is 10.2 Å². The standard InChI is InChI=1S/C17H14Cl2FN3S/c1-2-23-16(13-5-3-4-6-14(13)18)21-22-17(23)24-10-11-7-8-12(20)9-15(11)19/h3-9H,2,10H2,1H3. The fraction of sp³-hybridized carbons (Fsp3) is 0.176. The smallest absolute Gasteiger partial charge is 0.191 e. The Kier molecular flexibility index (Phi) is 5.43. The van der Waals surface area contributed by atoms with E-state index < -0.39 is 0 Å². The van der Waals surface area contributed by atoms with E-state index in [1.54, 1.807) is 6.07 Å². The molecule has 0 N–H and O–H groups in total. The molecule has 0 amide bonds. The highest BCUT2D eigenvalue weighted by Crippen LogP contribution is 2.31. The second kappa shape index (κ2) is 7.55. The molecule has 3 aromatic rings. The van der Waals surface area contributed by atoms with Gasteiger partial charge in [0.1, 0.15) is 5.82 Å². The molecule has 0 fully saturated rings. The highest BCUT2D eigenvalue weighted by molar-refractivity contribution is 7.98. The molecule has 0 aliphatic heterocycles. The van der Waals surface area contributed by atoms with Crippen LogP contribution in [0.5, 0.6) is 0 Å². The SMILES string of the molecule is CCn1c(SCc2ccc(F)cc2Cl)nnc1-c1ccccc1Cl. The third kappa shape index (κ3) is 3.58. The first-order valence-electron chi connectivity index (χ1n) is 7.35. The summed E-state index contributed by atoms with van der Waals surface area (Å²) in [5.74, 6) is 0.974. The van der Waals surface area contributed by atoms with Gasteiger partial charge in [-0.1, -0.05) is 53.2 Å². The molecular weight excluding hydrogens is 368 g/mol. The molecule has 0 bridgehead atoms. The van der Waals surface area contributed by atoms with Crippen molar-refractivity contribution in [2.24, 2.45) is 0 Å². The minimum atomic E-state index is -0.341. The van der Waals surface area contributed by atoms with Crippen molar-refractivity contribution in [3.8, 4) is 11.4 Å². The Balaban J connectivity index is 1.86. The molecule has 0 saturated carbocycles. The van der Waals surface area contributed by atoms with Crippen LogP contribution >= 0.6 is 35.0 Å². The summed E-state index contributed by atoms with van der Waals surface area (Å²) in [4.78, 5) is 0. The molecule has 0 spiro atoms. The average Bonchev–Trinajstić information content (AvgIpc) is 2.97. The highest BCUT2D eigenvalue weighted by Gasteiger charge is 2.15. The van der Waals surface area contributed by atoms with Crippen LogP contribution in [0.4, 0.5) is 4.39 Å². The van der Waals surface area contributed by atoms with Crippen LogP contribution < -0.4 is 0 Å². The zero-order valence-electron chi connectivity index (χ0n) is 12.8. The summed E-state index contributed by atoms with van der Waals surface area (Å²) in [5.41, 5.74) is 1.70. The zero-order valence-corrected chi connectivity index (χ0v) is 15.2. The van der Waals surface area contributed by atoms with Crippen LogP contribution in [-0.2, 0) is 12.3 Å². The van der Waals surface area contributed by atoms with Gasteiger partial charge >= 0.3 is 0 Å². The zero-order chi connectivity index (χ0) is 17.1. The number of hydrogen-bond acceptors (Lipinski definition) is 3. The van der Waals surface area contributed by atoms with Gasteiger partial charge in [-0.05, 0) is 36.8 Å². The van der Waals surface area contributed by atoms with E-state index in [0.717, 1.165) is 22.1 Å². The Hall–Kier alpha value is -1.56. The fourth-order valence-electron chi connectivity index (χ4n) is 2.30. The first-order valence-corrected chi connectivity index (χ1v) is 9.09. The Bertz CT molecular complexity index is 867. The Labute approximate surface area is 153 Å². The molecule has 1 aromatic heterocycles. The van der Waals surface area contributed by atoms with Gasteiger partial charge in [-0.25, -0.2) is 4.39 Å². The maximum atomic E-state index is 13.1. The number of rotatable bonds is 5. The van der Waals surface area contributed by atoms with Crippen LogP contribution in [0.2, 0.25) is 10.0 Å².